The molecule has 0 bridgehead atoms. The first-order valence-electron chi connectivity index (χ1n) is 8.22. The number of phenolic OH excluding ortho intramolecular Hbond substituents is 1. The summed E-state index contributed by atoms with van der Waals surface area (Å²) in [5.41, 5.74) is 2.61. The van der Waals surface area contributed by atoms with Gasteiger partial charge in [-0.1, -0.05) is 41.6 Å². The highest BCUT2D eigenvalue weighted by Crippen LogP contribution is 2.33. The molecule has 2 aromatic carbocycles. The molecule has 1 aliphatic rings. The first-order valence-corrected chi connectivity index (χ1v) is 9.59. The summed E-state index contributed by atoms with van der Waals surface area (Å²) < 4.78 is 1.66. The Morgan fingerprint density at radius 3 is 2.93 bits per heavy atom. The number of halogens is 1. The van der Waals surface area contributed by atoms with Gasteiger partial charge in [0.2, 0.25) is 5.16 Å². The fraction of sp³-hybridized carbons (Fsp3) is 0.105. The van der Waals surface area contributed by atoms with E-state index in [-0.39, 0.29) is 16.3 Å². The predicted molar refractivity (Wildman–Crippen MR) is 106 cm³/mol. The van der Waals surface area contributed by atoms with Crippen molar-refractivity contribution in [2.24, 2.45) is 0 Å². The molecule has 0 fully saturated rings. The van der Waals surface area contributed by atoms with Gasteiger partial charge >= 0.3 is 11.3 Å². The molecule has 3 aromatic rings. The van der Waals surface area contributed by atoms with Gasteiger partial charge in [-0.3, -0.25) is 9.78 Å². The van der Waals surface area contributed by atoms with Crippen molar-refractivity contribution < 1.29 is 9.79 Å². The van der Waals surface area contributed by atoms with Crippen LogP contribution in [-0.4, -0.2) is 20.9 Å². The summed E-state index contributed by atoms with van der Waals surface area (Å²) >= 11 is 7.49. The molecule has 6 nitrogen and oxygen atoms in total. The summed E-state index contributed by atoms with van der Waals surface area (Å²) in [5.74, 6) is 0.630. The van der Waals surface area contributed by atoms with Crippen molar-refractivity contribution >= 4 is 29.1 Å². The fourth-order valence-electron chi connectivity index (χ4n) is 3.01. The van der Waals surface area contributed by atoms with Crippen molar-refractivity contribution in [1.29, 1.82) is 0 Å². The number of nitrogens with one attached hydrogen (secondary N) is 2. The molecule has 27 heavy (non-hydrogen) atoms. The normalized spacial score (nSPS) is 14.8. The largest absolute Gasteiger partial charge is 0.506 e. The Kier molecular flexibility index (Phi) is 4.63. The second kappa shape index (κ2) is 7.09. The highest BCUT2D eigenvalue weighted by atomic mass is 35.5. The summed E-state index contributed by atoms with van der Waals surface area (Å²) in [5, 5.41) is 18.5. The Labute approximate surface area is 164 Å². The number of H-pyrrole nitrogens is 1. The number of para-hydroxylation sites is 1. The number of anilines is 1. The van der Waals surface area contributed by atoms with Crippen LogP contribution >= 0.6 is 23.4 Å². The topological polar surface area (TPSA) is 81.9 Å². The highest BCUT2D eigenvalue weighted by molar-refractivity contribution is 7.99. The SMILES string of the molecule is C=CCSc1n[n+]2c(c(=O)[nH]1)-c1ccccc1N[C@@H]2c1ccc(O)c(Cl)c1. The van der Waals surface area contributed by atoms with Crippen molar-refractivity contribution in [2.45, 2.75) is 11.3 Å². The molecule has 1 aliphatic heterocycles. The molecule has 4 rings (SSSR count). The zero-order valence-electron chi connectivity index (χ0n) is 14.1. The first-order chi connectivity index (χ1) is 13.1. The minimum atomic E-state index is -0.446. The molecule has 0 saturated carbocycles. The number of aromatic hydroxyl groups is 1. The number of nitrogens with zero attached hydrogens (tertiary/aromatic N) is 2. The molecule has 1 atom stereocenters. The van der Waals surface area contributed by atoms with Crippen molar-refractivity contribution in [2.75, 3.05) is 11.1 Å². The number of benzene rings is 2. The number of rotatable bonds is 4. The van der Waals surface area contributed by atoms with E-state index >= 15 is 0 Å². The average molecular weight is 400 g/mol. The van der Waals surface area contributed by atoms with E-state index in [0.717, 1.165) is 16.8 Å². The second-order valence-electron chi connectivity index (χ2n) is 5.96. The molecule has 1 aromatic heterocycles. The lowest BCUT2D eigenvalue weighted by molar-refractivity contribution is -0.759. The zero-order valence-corrected chi connectivity index (χ0v) is 15.7. The maximum Gasteiger partial charge on any atom is 0.325 e. The molecular formula is C19H16ClN4O2S+. The van der Waals surface area contributed by atoms with Crippen molar-refractivity contribution in [3.8, 4) is 17.0 Å². The minimum Gasteiger partial charge on any atom is -0.506 e. The maximum absolute atomic E-state index is 12.9. The summed E-state index contributed by atoms with van der Waals surface area (Å²) in [6, 6.07) is 12.5. The summed E-state index contributed by atoms with van der Waals surface area (Å²) in [4.78, 5) is 15.7. The fourth-order valence-corrected chi connectivity index (χ4v) is 3.79. The molecule has 3 N–H and O–H groups in total. The molecular weight excluding hydrogens is 384 g/mol. The second-order valence-corrected chi connectivity index (χ2v) is 7.37. The Morgan fingerprint density at radius 1 is 1.33 bits per heavy atom. The van der Waals surface area contributed by atoms with Crippen molar-refractivity contribution in [3.05, 3.63) is 76.1 Å². The van der Waals surface area contributed by atoms with E-state index in [2.05, 4.69) is 22.0 Å². The Balaban J connectivity index is 1.93. The summed E-state index contributed by atoms with van der Waals surface area (Å²) in [6.45, 7) is 3.70. The Bertz CT molecular complexity index is 1100. The van der Waals surface area contributed by atoms with Gasteiger partial charge in [-0.25, -0.2) is 0 Å². The lowest BCUT2D eigenvalue weighted by Gasteiger charge is -2.22. The quantitative estimate of drug-likeness (QED) is 0.356. The molecule has 8 heteroatoms. The summed E-state index contributed by atoms with van der Waals surface area (Å²) in [6.07, 6.45) is 1.30. The van der Waals surface area contributed by atoms with Gasteiger partial charge in [-0.15, -0.1) is 6.58 Å². The van der Waals surface area contributed by atoms with E-state index in [1.165, 1.54) is 17.8 Å². The van der Waals surface area contributed by atoms with Gasteiger partial charge in [-0.2, -0.15) is 0 Å². The maximum atomic E-state index is 12.9. The predicted octanol–water partition coefficient (Wildman–Crippen LogP) is 3.33. The van der Waals surface area contributed by atoms with Crippen LogP contribution in [0.5, 0.6) is 5.75 Å². The van der Waals surface area contributed by atoms with E-state index in [4.69, 9.17) is 11.6 Å². The molecule has 0 aliphatic carbocycles. The molecule has 0 saturated heterocycles. The Morgan fingerprint density at radius 2 is 2.15 bits per heavy atom. The molecule has 136 valence electrons. The van der Waals surface area contributed by atoms with Crippen LogP contribution in [0.4, 0.5) is 5.69 Å². The van der Waals surface area contributed by atoms with Gasteiger partial charge in [0.05, 0.1) is 16.3 Å². The number of aromatic nitrogens is 3. The van der Waals surface area contributed by atoms with Crippen LogP contribution in [0.1, 0.15) is 11.7 Å². The lowest BCUT2D eigenvalue weighted by atomic mass is 10.0. The standard InChI is InChI=1S/C19H15ClN4O2S/c1-2-9-27-19-22-18(26)16-12-5-3-4-6-14(12)21-17(24(16)23-19)11-7-8-15(25)13(20)10-11/h2-8,10,17H,1,9H2,(H2,22,23,25,26)/p+1/t17-/m0/s1. The average Bonchev–Trinajstić information content (AvgIpc) is 2.67. The first kappa shape index (κ1) is 17.6. The van der Waals surface area contributed by atoms with Crippen LogP contribution in [0.3, 0.4) is 0 Å². The van der Waals surface area contributed by atoms with E-state index in [1.54, 1.807) is 22.9 Å². The minimum absolute atomic E-state index is 0.00273. The zero-order chi connectivity index (χ0) is 19.0. The van der Waals surface area contributed by atoms with Crippen LogP contribution in [0, 0.1) is 0 Å². The van der Waals surface area contributed by atoms with Crippen LogP contribution in [0.25, 0.3) is 11.3 Å². The smallest absolute Gasteiger partial charge is 0.325 e. The van der Waals surface area contributed by atoms with Crippen LogP contribution in [-0.2, 0) is 0 Å². The molecule has 0 spiro atoms. The summed E-state index contributed by atoms with van der Waals surface area (Å²) in [7, 11) is 0. The van der Waals surface area contributed by atoms with E-state index in [0.29, 0.717) is 16.6 Å². The third kappa shape index (κ3) is 3.20. The van der Waals surface area contributed by atoms with E-state index < -0.39 is 6.17 Å². The third-order valence-corrected chi connectivity index (χ3v) is 5.37. The number of fused-ring (bicyclic) bond motifs is 3. The van der Waals surface area contributed by atoms with E-state index in [9.17, 15) is 9.90 Å². The van der Waals surface area contributed by atoms with Gasteiger partial charge in [0.1, 0.15) is 5.75 Å². The van der Waals surface area contributed by atoms with Crippen molar-refractivity contribution in [1.82, 2.24) is 10.1 Å². The van der Waals surface area contributed by atoms with Crippen LogP contribution < -0.4 is 15.6 Å². The molecule has 0 unspecified atom stereocenters. The number of hydrogen-bond donors (Lipinski definition) is 3. The highest BCUT2D eigenvalue weighted by Gasteiger charge is 2.37. The van der Waals surface area contributed by atoms with Gasteiger partial charge in [0, 0.05) is 16.4 Å². The van der Waals surface area contributed by atoms with Gasteiger partial charge in [-0.05, 0) is 35.0 Å². The van der Waals surface area contributed by atoms with Crippen molar-refractivity contribution in [3.63, 3.8) is 0 Å². The van der Waals surface area contributed by atoms with Gasteiger partial charge in [0.25, 0.3) is 6.17 Å². The van der Waals surface area contributed by atoms with Crippen LogP contribution in [0.15, 0.2) is 65.1 Å². The number of thioether (sulfide) groups is 1. The number of phenols is 1. The molecule has 2 heterocycles. The number of aromatic amines is 1. The monoisotopic (exact) mass is 399 g/mol. The Hall–Kier alpha value is -2.77. The lowest BCUT2D eigenvalue weighted by Crippen LogP contribution is -2.55. The number of hydrogen-bond acceptors (Lipinski definition) is 5. The third-order valence-electron chi connectivity index (χ3n) is 4.21. The van der Waals surface area contributed by atoms with E-state index in [1.807, 2.05) is 24.3 Å². The van der Waals surface area contributed by atoms with Gasteiger partial charge in [0.15, 0.2) is 0 Å². The van der Waals surface area contributed by atoms with Crippen LogP contribution in [0.2, 0.25) is 5.02 Å². The molecule has 0 amide bonds. The molecule has 0 radical (unpaired) electrons. The van der Waals surface area contributed by atoms with Gasteiger partial charge < -0.3 is 10.4 Å².